The van der Waals surface area contributed by atoms with Crippen LogP contribution in [0.1, 0.15) is 46.1 Å². The number of nitrogens with zero attached hydrogens (tertiary/aromatic N) is 2. The Morgan fingerprint density at radius 1 is 1.10 bits per heavy atom. The summed E-state index contributed by atoms with van der Waals surface area (Å²) >= 11 is 0. The molecule has 0 spiro atoms. The van der Waals surface area contributed by atoms with E-state index >= 15 is 0 Å². The van der Waals surface area contributed by atoms with Crippen LogP contribution in [0, 0.1) is 5.41 Å². The zero-order chi connectivity index (χ0) is 15.5. The maximum absolute atomic E-state index is 4.35. The van der Waals surface area contributed by atoms with Crippen molar-refractivity contribution in [2.24, 2.45) is 5.41 Å². The molecule has 2 aromatic rings. The van der Waals surface area contributed by atoms with E-state index in [0.29, 0.717) is 11.9 Å². The quantitative estimate of drug-likeness (QED) is 0.881. The minimum absolute atomic E-state index is 0.254. The summed E-state index contributed by atoms with van der Waals surface area (Å²) in [5.41, 5.74) is 3.84. The van der Waals surface area contributed by atoms with Crippen LogP contribution in [0.15, 0.2) is 36.7 Å². The molecule has 2 rings (SSSR count). The highest BCUT2D eigenvalue weighted by atomic mass is 15.1. The van der Waals surface area contributed by atoms with Crippen molar-refractivity contribution >= 4 is 5.95 Å². The number of aromatic nitrogens is 2. The van der Waals surface area contributed by atoms with Crippen LogP contribution < -0.4 is 5.32 Å². The maximum Gasteiger partial charge on any atom is 0.222 e. The van der Waals surface area contributed by atoms with Crippen molar-refractivity contribution in [1.82, 2.24) is 9.97 Å². The molecule has 0 saturated carbocycles. The molecule has 1 aromatic carbocycles. The van der Waals surface area contributed by atoms with E-state index in [2.05, 4.69) is 67.2 Å². The largest absolute Gasteiger partial charge is 0.355 e. The van der Waals surface area contributed by atoms with Crippen LogP contribution in [0.25, 0.3) is 11.1 Å². The Kier molecular flexibility index (Phi) is 4.61. The van der Waals surface area contributed by atoms with E-state index in [9.17, 15) is 0 Å². The summed E-state index contributed by atoms with van der Waals surface area (Å²) in [6.07, 6.45) is 3.76. The summed E-state index contributed by atoms with van der Waals surface area (Å²) < 4.78 is 0. The van der Waals surface area contributed by atoms with Gasteiger partial charge in [0.05, 0.1) is 0 Å². The fraction of sp³-hybridized carbons (Fsp3) is 0.444. The molecule has 0 radical (unpaired) electrons. The fourth-order valence-corrected chi connectivity index (χ4v) is 2.21. The smallest absolute Gasteiger partial charge is 0.222 e. The van der Waals surface area contributed by atoms with Crippen molar-refractivity contribution in [1.29, 1.82) is 0 Å². The third-order valence-electron chi connectivity index (χ3n) is 4.01. The lowest BCUT2D eigenvalue weighted by Crippen LogP contribution is -2.15. The molecule has 0 unspecified atom stereocenters. The molecule has 0 fully saturated rings. The monoisotopic (exact) mass is 283 g/mol. The van der Waals surface area contributed by atoms with Crippen LogP contribution in [0.3, 0.4) is 0 Å². The Hall–Kier alpha value is -1.90. The van der Waals surface area contributed by atoms with Gasteiger partial charge in [-0.15, -0.1) is 0 Å². The van der Waals surface area contributed by atoms with Gasteiger partial charge in [0.25, 0.3) is 0 Å². The van der Waals surface area contributed by atoms with Gasteiger partial charge in [0.1, 0.15) is 0 Å². The number of hydrogen-bond donors (Lipinski definition) is 1. The molecule has 3 heteroatoms. The number of anilines is 1. The Morgan fingerprint density at radius 2 is 1.76 bits per heavy atom. The zero-order valence-electron chi connectivity index (χ0n) is 13.6. The van der Waals surface area contributed by atoms with Gasteiger partial charge in [-0.1, -0.05) is 52.0 Å². The average Bonchev–Trinajstić information content (AvgIpc) is 2.47. The van der Waals surface area contributed by atoms with Gasteiger partial charge in [0.2, 0.25) is 5.95 Å². The zero-order valence-corrected chi connectivity index (χ0v) is 13.6. The second kappa shape index (κ2) is 6.25. The Bertz CT molecular complexity index is 582. The van der Waals surface area contributed by atoms with Gasteiger partial charge in [-0.25, -0.2) is 9.97 Å². The van der Waals surface area contributed by atoms with E-state index in [1.54, 1.807) is 0 Å². The van der Waals surface area contributed by atoms with Crippen LogP contribution in [0.5, 0.6) is 0 Å². The predicted octanol–water partition coefficient (Wildman–Crippen LogP) is 4.73. The van der Waals surface area contributed by atoms with E-state index in [4.69, 9.17) is 0 Å². The van der Waals surface area contributed by atoms with Gasteiger partial charge in [-0.05, 0) is 29.4 Å². The summed E-state index contributed by atoms with van der Waals surface area (Å²) in [6.45, 7) is 12.0. The van der Waals surface area contributed by atoms with Gasteiger partial charge < -0.3 is 5.32 Å². The SMILES string of the molecule is CCNc1ncc(-c2cccc([C@H](C)C(C)(C)C)c2)cn1. The molecule has 3 nitrogen and oxygen atoms in total. The number of rotatable bonds is 4. The van der Waals surface area contributed by atoms with E-state index < -0.39 is 0 Å². The first-order valence-corrected chi connectivity index (χ1v) is 7.58. The molecule has 1 atom stereocenters. The molecule has 0 amide bonds. The van der Waals surface area contributed by atoms with Gasteiger partial charge in [-0.2, -0.15) is 0 Å². The lowest BCUT2D eigenvalue weighted by atomic mass is 9.77. The number of hydrogen-bond acceptors (Lipinski definition) is 3. The lowest BCUT2D eigenvalue weighted by molar-refractivity contribution is 0.339. The molecule has 0 bridgehead atoms. The minimum atomic E-state index is 0.254. The summed E-state index contributed by atoms with van der Waals surface area (Å²) in [5.74, 6) is 1.18. The van der Waals surface area contributed by atoms with Gasteiger partial charge in [0, 0.05) is 24.5 Å². The summed E-state index contributed by atoms with van der Waals surface area (Å²) in [7, 11) is 0. The lowest BCUT2D eigenvalue weighted by Gasteiger charge is -2.28. The predicted molar refractivity (Wildman–Crippen MR) is 89.5 cm³/mol. The number of nitrogens with one attached hydrogen (secondary N) is 1. The molecule has 21 heavy (non-hydrogen) atoms. The highest BCUT2D eigenvalue weighted by Gasteiger charge is 2.21. The van der Waals surface area contributed by atoms with Crippen molar-refractivity contribution in [3.8, 4) is 11.1 Å². The molecule has 1 heterocycles. The summed E-state index contributed by atoms with van der Waals surface area (Å²) in [6, 6.07) is 8.68. The molecule has 1 N–H and O–H groups in total. The number of benzene rings is 1. The first-order chi connectivity index (χ1) is 9.91. The van der Waals surface area contributed by atoms with Gasteiger partial charge in [-0.3, -0.25) is 0 Å². The van der Waals surface area contributed by atoms with E-state index in [1.165, 1.54) is 11.1 Å². The third kappa shape index (κ3) is 3.81. The fourth-order valence-electron chi connectivity index (χ4n) is 2.21. The first kappa shape index (κ1) is 15.5. The second-order valence-electron chi connectivity index (χ2n) is 6.54. The Balaban J connectivity index is 2.28. The van der Waals surface area contributed by atoms with E-state index in [-0.39, 0.29) is 5.41 Å². The van der Waals surface area contributed by atoms with Crippen molar-refractivity contribution in [2.75, 3.05) is 11.9 Å². The molecular formula is C18H25N3. The van der Waals surface area contributed by atoms with Crippen molar-refractivity contribution in [2.45, 2.75) is 40.5 Å². The van der Waals surface area contributed by atoms with Crippen LogP contribution in [0.4, 0.5) is 5.95 Å². The van der Waals surface area contributed by atoms with Gasteiger partial charge in [0.15, 0.2) is 0 Å². The highest BCUT2D eigenvalue weighted by molar-refractivity contribution is 5.63. The first-order valence-electron chi connectivity index (χ1n) is 7.58. The Labute approximate surface area is 127 Å². The molecule has 112 valence electrons. The van der Waals surface area contributed by atoms with Gasteiger partial charge >= 0.3 is 0 Å². The molecular weight excluding hydrogens is 258 g/mol. The van der Waals surface area contributed by atoms with Crippen LogP contribution in [0.2, 0.25) is 0 Å². The van der Waals surface area contributed by atoms with E-state index in [1.807, 2.05) is 19.3 Å². The van der Waals surface area contributed by atoms with Crippen LogP contribution in [-0.2, 0) is 0 Å². The van der Waals surface area contributed by atoms with Crippen molar-refractivity contribution < 1.29 is 0 Å². The summed E-state index contributed by atoms with van der Waals surface area (Å²) in [4.78, 5) is 8.69. The van der Waals surface area contributed by atoms with Crippen LogP contribution in [-0.4, -0.2) is 16.5 Å². The van der Waals surface area contributed by atoms with Crippen molar-refractivity contribution in [3.05, 3.63) is 42.2 Å². The standard InChI is InChI=1S/C18H25N3/c1-6-19-17-20-11-16(12-21-17)15-9-7-8-14(10-15)13(2)18(3,4)5/h7-13H,6H2,1-5H3,(H,19,20,21)/t13-/m0/s1. The maximum atomic E-state index is 4.35. The molecule has 0 aliphatic carbocycles. The van der Waals surface area contributed by atoms with Crippen LogP contribution >= 0.6 is 0 Å². The molecule has 0 aliphatic heterocycles. The Morgan fingerprint density at radius 3 is 2.33 bits per heavy atom. The normalized spacial score (nSPS) is 13.0. The summed E-state index contributed by atoms with van der Waals surface area (Å²) in [5, 5.41) is 3.11. The molecule has 0 saturated heterocycles. The third-order valence-corrected chi connectivity index (χ3v) is 4.01. The molecule has 0 aliphatic rings. The highest BCUT2D eigenvalue weighted by Crippen LogP contribution is 2.35. The second-order valence-corrected chi connectivity index (χ2v) is 6.54. The average molecular weight is 283 g/mol. The molecule has 1 aromatic heterocycles. The topological polar surface area (TPSA) is 37.8 Å². The van der Waals surface area contributed by atoms with E-state index in [0.717, 1.165) is 12.1 Å². The van der Waals surface area contributed by atoms with Crippen molar-refractivity contribution in [3.63, 3.8) is 0 Å². The minimum Gasteiger partial charge on any atom is -0.355 e.